The van der Waals surface area contributed by atoms with E-state index in [1.54, 1.807) is 36.4 Å². The molecule has 0 atom stereocenters. The van der Waals surface area contributed by atoms with Gasteiger partial charge in [-0.2, -0.15) is 4.98 Å². The predicted molar refractivity (Wildman–Crippen MR) is 73.5 cm³/mol. The van der Waals surface area contributed by atoms with Crippen LogP contribution in [0.2, 0.25) is 5.02 Å². The van der Waals surface area contributed by atoms with Gasteiger partial charge in [0.05, 0.1) is 11.4 Å². The topological polar surface area (TPSA) is 72.0 Å². The van der Waals surface area contributed by atoms with Gasteiger partial charge in [0.15, 0.2) is 0 Å². The van der Waals surface area contributed by atoms with E-state index in [2.05, 4.69) is 15.1 Å². The number of benzene rings is 1. The van der Waals surface area contributed by atoms with E-state index in [4.69, 9.17) is 16.1 Å². The number of nitrogens with zero attached hydrogens (tertiary/aromatic N) is 3. The lowest BCUT2D eigenvalue weighted by Gasteiger charge is -1.96. The zero-order chi connectivity index (χ0) is 13.9. The van der Waals surface area contributed by atoms with Crippen LogP contribution in [-0.2, 0) is 6.42 Å². The molecule has 1 N–H and O–H groups in total. The Morgan fingerprint density at radius 1 is 1.10 bits per heavy atom. The normalized spacial score (nSPS) is 10.7. The molecule has 3 aromatic rings. The Hall–Kier alpha value is -2.40. The molecule has 100 valence electrons. The van der Waals surface area contributed by atoms with Gasteiger partial charge in [-0.3, -0.25) is 4.98 Å². The molecule has 2 aromatic heterocycles. The van der Waals surface area contributed by atoms with Crippen molar-refractivity contribution in [3.05, 3.63) is 59.1 Å². The highest BCUT2D eigenvalue weighted by atomic mass is 35.5. The number of rotatable bonds is 3. The summed E-state index contributed by atoms with van der Waals surface area (Å²) in [6.45, 7) is 0. The molecule has 0 amide bonds. The summed E-state index contributed by atoms with van der Waals surface area (Å²) < 4.78 is 5.19. The van der Waals surface area contributed by atoms with Crippen molar-refractivity contribution in [3.63, 3.8) is 0 Å². The number of phenols is 1. The van der Waals surface area contributed by atoms with Crippen LogP contribution >= 0.6 is 11.6 Å². The van der Waals surface area contributed by atoms with Crippen LogP contribution in [0.5, 0.6) is 5.75 Å². The van der Waals surface area contributed by atoms with E-state index < -0.39 is 0 Å². The number of halogens is 1. The lowest BCUT2D eigenvalue weighted by atomic mass is 10.1. The van der Waals surface area contributed by atoms with Gasteiger partial charge >= 0.3 is 0 Å². The Bertz CT molecular complexity index is 708. The van der Waals surface area contributed by atoms with Crippen molar-refractivity contribution in [2.24, 2.45) is 0 Å². The molecule has 0 aliphatic carbocycles. The van der Waals surface area contributed by atoms with Crippen LogP contribution in [0.1, 0.15) is 11.5 Å². The molecule has 0 saturated carbocycles. The van der Waals surface area contributed by atoms with Crippen LogP contribution in [0.15, 0.2) is 47.1 Å². The molecular formula is C14H10ClN3O2. The largest absolute Gasteiger partial charge is 0.508 e. The zero-order valence-electron chi connectivity index (χ0n) is 10.3. The summed E-state index contributed by atoms with van der Waals surface area (Å²) in [5.41, 5.74) is 1.58. The third kappa shape index (κ3) is 2.78. The van der Waals surface area contributed by atoms with Gasteiger partial charge in [-0.1, -0.05) is 28.9 Å². The fraction of sp³-hybridized carbons (Fsp3) is 0.0714. The Kier molecular flexibility index (Phi) is 3.35. The van der Waals surface area contributed by atoms with Crippen molar-refractivity contribution in [1.82, 2.24) is 15.1 Å². The van der Waals surface area contributed by atoms with E-state index in [0.29, 0.717) is 28.9 Å². The van der Waals surface area contributed by atoms with E-state index in [1.165, 1.54) is 6.20 Å². The minimum atomic E-state index is 0.227. The Balaban J connectivity index is 1.80. The summed E-state index contributed by atoms with van der Waals surface area (Å²) >= 11 is 5.78. The molecule has 5 nitrogen and oxygen atoms in total. The zero-order valence-corrected chi connectivity index (χ0v) is 11.1. The molecule has 2 heterocycles. The first-order valence-electron chi connectivity index (χ1n) is 5.93. The van der Waals surface area contributed by atoms with E-state index in [9.17, 15) is 5.11 Å². The van der Waals surface area contributed by atoms with Gasteiger partial charge in [-0.25, -0.2) is 0 Å². The second kappa shape index (κ2) is 5.30. The molecule has 0 fully saturated rings. The lowest BCUT2D eigenvalue weighted by molar-refractivity contribution is 0.385. The first-order chi connectivity index (χ1) is 9.70. The van der Waals surface area contributed by atoms with Crippen molar-refractivity contribution in [2.45, 2.75) is 6.42 Å². The van der Waals surface area contributed by atoms with Gasteiger partial charge < -0.3 is 9.63 Å². The number of aromatic hydroxyl groups is 1. The standard InChI is InChI=1S/C14H10ClN3O2/c15-10-3-6-12(16-8-10)14-17-13(20-18-14)7-9-1-4-11(19)5-2-9/h1-6,8,19H,7H2. The SMILES string of the molecule is Oc1ccc(Cc2nc(-c3ccc(Cl)cn3)no2)cc1. The summed E-state index contributed by atoms with van der Waals surface area (Å²) in [6, 6.07) is 10.3. The predicted octanol–water partition coefficient (Wildman–Crippen LogP) is 3.08. The number of phenolic OH excluding ortho intramolecular Hbond substituents is 1. The van der Waals surface area contributed by atoms with Gasteiger partial charge in [0, 0.05) is 6.20 Å². The number of hydrogen-bond donors (Lipinski definition) is 1. The van der Waals surface area contributed by atoms with Crippen molar-refractivity contribution < 1.29 is 9.63 Å². The minimum absolute atomic E-state index is 0.227. The Morgan fingerprint density at radius 3 is 2.60 bits per heavy atom. The Morgan fingerprint density at radius 2 is 1.90 bits per heavy atom. The highest BCUT2D eigenvalue weighted by Crippen LogP contribution is 2.17. The van der Waals surface area contributed by atoms with Crippen LogP contribution in [0.3, 0.4) is 0 Å². The van der Waals surface area contributed by atoms with E-state index in [0.717, 1.165) is 5.56 Å². The molecule has 6 heteroatoms. The van der Waals surface area contributed by atoms with E-state index >= 15 is 0 Å². The van der Waals surface area contributed by atoms with Gasteiger partial charge in [0.25, 0.3) is 0 Å². The number of hydrogen-bond acceptors (Lipinski definition) is 5. The Labute approximate surface area is 119 Å². The van der Waals surface area contributed by atoms with Crippen LogP contribution in [0.4, 0.5) is 0 Å². The first kappa shape index (κ1) is 12.6. The van der Waals surface area contributed by atoms with E-state index in [1.807, 2.05) is 0 Å². The van der Waals surface area contributed by atoms with Crippen molar-refractivity contribution >= 4 is 11.6 Å². The number of aromatic nitrogens is 3. The molecule has 3 rings (SSSR count). The molecule has 20 heavy (non-hydrogen) atoms. The second-order valence-corrected chi connectivity index (χ2v) is 4.65. The quantitative estimate of drug-likeness (QED) is 0.801. The smallest absolute Gasteiger partial charge is 0.231 e. The number of pyridine rings is 1. The molecule has 1 aromatic carbocycles. The second-order valence-electron chi connectivity index (χ2n) is 4.22. The maximum Gasteiger partial charge on any atom is 0.231 e. The minimum Gasteiger partial charge on any atom is -0.508 e. The summed E-state index contributed by atoms with van der Waals surface area (Å²) in [5.74, 6) is 1.14. The fourth-order valence-electron chi connectivity index (χ4n) is 1.73. The average Bonchev–Trinajstić information content (AvgIpc) is 2.91. The maximum atomic E-state index is 9.23. The van der Waals surface area contributed by atoms with Crippen molar-refractivity contribution in [3.8, 4) is 17.3 Å². The van der Waals surface area contributed by atoms with Gasteiger partial charge in [0.1, 0.15) is 11.4 Å². The molecule has 0 saturated heterocycles. The summed E-state index contributed by atoms with van der Waals surface area (Å²) in [5, 5.41) is 13.7. The van der Waals surface area contributed by atoms with Crippen LogP contribution in [0.25, 0.3) is 11.5 Å². The molecule has 0 spiro atoms. The third-order valence-corrected chi connectivity index (χ3v) is 2.94. The van der Waals surface area contributed by atoms with Crippen LogP contribution in [-0.4, -0.2) is 20.2 Å². The third-order valence-electron chi connectivity index (χ3n) is 2.72. The van der Waals surface area contributed by atoms with Gasteiger partial charge in [-0.15, -0.1) is 0 Å². The monoisotopic (exact) mass is 287 g/mol. The molecule has 0 aliphatic rings. The van der Waals surface area contributed by atoms with Gasteiger partial charge in [0.2, 0.25) is 11.7 Å². The average molecular weight is 288 g/mol. The molecule has 0 unspecified atom stereocenters. The maximum absolute atomic E-state index is 9.23. The molecule has 0 radical (unpaired) electrons. The van der Waals surface area contributed by atoms with Crippen LogP contribution in [0, 0.1) is 0 Å². The van der Waals surface area contributed by atoms with Crippen LogP contribution < -0.4 is 0 Å². The highest BCUT2D eigenvalue weighted by molar-refractivity contribution is 6.30. The summed E-state index contributed by atoms with van der Waals surface area (Å²) in [6.07, 6.45) is 2.04. The van der Waals surface area contributed by atoms with Crippen molar-refractivity contribution in [2.75, 3.05) is 0 Å². The lowest BCUT2D eigenvalue weighted by Crippen LogP contribution is -1.89. The molecule has 0 bridgehead atoms. The summed E-state index contributed by atoms with van der Waals surface area (Å²) in [7, 11) is 0. The van der Waals surface area contributed by atoms with Crippen molar-refractivity contribution in [1.29, 1.82) is 0 Å². The van der Waals surface area contributed by atoms with E-state index in [-0.39, 0.29) is 5.75 Å². The molecular weight excluding hydrogens is 278 g/mol. The summed E-state index contributed by atoms with van der Waals surface area (Å²) in [4.78, 5) is 8.41. The fourth-order valence-corrected chi connectivity index (χ4v) is 1.84. The first-order valence-corrected chi connectivity index (χ1v) is 6.31. The van der Waals surface area contributed by atoms with Gasteiger partial charge in [-0.05, 0) is 29.8 Å². The highest BCUT2D eigenvalue weighted by Gasteiger charge is 2.10. The molecule has 0 aliphatic heterocycles.